The Morgan fingerprint density at radius 2 is 1.77 bits per heavy atom. The number of anilines is 1. The molecular formula is C27H29N3O5. The summed E-state index contributed by atoms with van der Waals surface area (Å²) in [4.78, 5) is 24.3. The first-order valence-corrected chi connectivity index (χ1v) is 11.8. The van der Waals surface area contributed by atoms with E-state index in [1.54, 1.807) is 17.9 Å². The molecule has 6 rings (SSSR count). The van der Waals surface area contributed by atoms with Crippen LogP contribution in [-0.2, 0) is 26.7 Å². The predicted octanol–water partition coefficient (Wildman–Crippen LogP) is 5.06. The van der Waals surface area contributed by atoms with Gasteiger partial charge in [0.2, 0.25) is 0 Å². The van der Waals surface area contributed by atoms with E-state index in [0.29, 0.717) is 25.3 Å². The highest BCUT2D eigenvalue weighted by molar-refractivity contribution is 5.90. The monoisotopic (exact) mass is 475 g/mol. The van der Waals surface area contributed by atoms with Crippen LogP contribution in [0.25, 0.3) is 11.1 Å². The number of carbonyl (C=O) groups excluding carboxylic acids is 1. The number of hydrogen-bond acceptors (Lipinski definition) is 5. The molecule has 2 saturated heterocycles. The summed E-state index contributed by atoms with van der Waals surface area (Å²) in [7, 11) is 1.77. The molecule has 0 unspecified atom stereocenters. The fourth-order valence-corrected chi connectivity index (χ4v) is 5.22. The molecule has 0 radical (unpaired) electrons. The molecule has 3 aromatic rings. The van der Waals surface area contributed by atoms with Gasteiger partial charge in [0.15, 0.2) is 5.60 Å². The minimum absolute atomic E-state index is 0.150. The molecule has 0 spiro atoms. The molecule has 1 aromatic heterocycles. The van der Waals surface area contributed by atoms with Gasteiger partial charge in [0.1, 0.15) is 11.9 Å². The number of aliphatic carboxylic acids is 1. The highest BCUT2D eigenvalue weighted by Crippen LogP contribution is 2.50. The summed E-state index contributed by atoms with van der Waals surface area (Å²) in [6.07, 6.45) is 3.43. The van der Waals surface area contributed by atoms with E-state index < -0.39 is 17.7 Å². The number of carboxylic acids is 1. The van der Waals surface area contributed by atoms with Gasteiger partial charge in [0.25, 0.3) is 0 Å². The van der Waals surface area contributed by atoms with Crippen LogP contribution >= 0.6 is 0 Å². The Labute approximate surface area is 203 Å². The van der Waals surface area contributed by atoms with Gasteiger partial charge in [-0.05, 0) is 49.3 Å². The molecule has 2 aromatic carbocycles. The first-order chi connectivity index (χ1) is 16.8. The van der Waals surface area contributed by atoms with Crippen LogP contribution in [0.1, 0.15) is 49.8 Å². The molecule has 2 bridgehead atoms. The lowest BCUT2D eigenvalue weighted by Crippen LogP contribution is -2.57. The standard InChI is InChI=1S/C27H29N3O5/c1-18(19-6-4-3-5-7-19)35-25(33)29-23-22(16-28-30(23)2)20-8-10-21(11-9-20)26-12-14-27(15-13-26,24(31)32)34-17-26/h3-11,16,18H,12-15,17H2,1-2H3,(H,29,33)(H,31,32)/t18-,26?,27?/m1/s1. The number of nitrogens with one attached hydrogen (secondary N) is 1. The molecule has 2 aliphatic heterocycles. The summed E-state index contributed by atoms with van der Waals surface area (Å²) in [6, 6.07) is 17.7. The van der Waals surface area contributed by atoms with Gasteiger partial charge in [-0.25, -0.2) is 9.59 Å². The average Bonchev–Trinajstić information content (AvgIpc) is 3.25. The van der Waals surface area contributed by atoms with E-state index in [9.17, 15) is 14.7 Å². The first kappa shape index (κ1) is 23.1. The van der Waals surface area contributed by atoms with Gasteiger partial charge < -0.3 is 14.6 Å². The number of aromatic nitrogens is 2. The van der Waals surface area contributed by atoms with Crippen molar-refractivity contribution < 1.29 is 24.2 Å². The van der Waals surface area contributed by atoms with Crippen molar-refractivity contribution in [1.82, 2.24) is 9.78 Å². The van der Waals surface area contributed by atoms with E-state index in [4.69, 9.17) is 9.47 Å². The molecule has 3 fully saturated rings. The van der Waals surface area contributed by atoms with E-state index in [1.807, 2.05) is 49.4 Å². The second-order valence-electron chi connectivity index (χ2n) is 9.56. The lowest BCUT2D eigenvalue weighted by atomic mass is 9.63. The van der Waals surface area contributed by atoms with Crippen LogP contribution in [0.5, 0.6) is 0 Å². The lowest BCUT2D eigenvalue weighted by Gasteiger charge is -2.51. The van der Waals surface area contributed by atoms with E-state index in [2.05, 4.69) is 22.5 Å². The quantitative estimate of drug-likeness (QED) is 0.517. The maximum atomic E-state index is 12.6. The van der Waals surface area contributed by atoms with Crippen molar-refractivity contribution in [3.63, 3.8) is 0 Å². The summed E-state index contributed by atoms with van der Waals surface area (Å²) in [5, 5.41) is 16.7. The number of ether oxygens (including phenoxy) is 2. The van der Waals surface area contributed by atoms with Gasteiger partial charge in [-0.2, -0.15) is 5.10 Å². The molecule has 1 atom stereocenters. The van der Waals surface area contributed by atoms with Crippen LogP contribution in [0.2, 0.25) is 0 Å². The second kappa shape index (κ2) is 8.85. The minimum Gasteiger partial charge on any atom is -0.479 e. The fraction of sp³-hybridized carbons (Fsp3) is 0.370. The van der Waals surface area contributed by atoms with Crippen molar-refractivity contribution in [2.45, 2.75) is 49.7 Å². The molecule has 3 heterocycles. The normalized spacial score (nSPS) is 24.1. The molecule has 2 N–H and O–H groups in total. The summed E-state index contributed by atoms with van der Waals surface area (Å²) < 4.78 is 13.0. The Kier molecular flexibility index (Phi) is 5.84. The lowest BCUT2D eigenvalue weighted by molar-refractivity contribution is -0.194. The Morgan fingerprint density at radius 1 is 1.09 bits per heavy atom. The number of rotatable bonds is 6. The number of carbonyl (C=O) groups is 2. The van der Waals surface area contributed by atoms with Crippen LogP contribution in [0, 0.1) is 0 Å². The zero-order valence-electron chi connectivity index (χ0n) is 19.9. The van der Waals surface area contributed by atoms with Crippen LogP contribution in [-0.4, -0.2) is 39.2 Å². The van der Waals surface area contributed by atoms with Crippen molar-refractivity contribution in [2.24, 2.45) is 7.05 Å². The molecule has 8 heteroatoms. The fourth-order valence-electron chi connectivity index (χ4n) is 5.22. The highest BCUT2D eigenvalue weighted by Gasteiger charge is 2.54. The number of benzene rings is 2. The van der Waals surface area contributed by atoms with E-state index >= 15 is 0 Å². The zero-order chi connectivity index (χ0) is 24.6. The van der Waals surface area contributed by atoms with Crippen LogP contribution in [0.4, 0.5) is 10.6 Å². The smallest absolute Gasteiger partial charge is 0.413 e. The second-order valence-corrected chi connectivity index (χ2v) is 9.56. The van der Waals surface area contributed by atoms with Gasteiger partial charge in [0, 0.05) is 18.0 Å². The maximum Gasteiger partial charge on any atom is 0.413 e. The van der Waals surface area contributed by atoms with Crippen molar-refractivity contribution in [3.8, 4) is 11.1 Å². The van der Waals surface area contributed by atoms with Crippen molar-refractivity contribution in [1.29, 1.82) is 0 Å². The third kappa shape index (κ3) is 4.18. The van der Waals surface area contributed by atoms with Gasteiger partial charge in [-0.1, -0.05) is 54.6 Å². The molecule has 8 nitrogen and oxygen atoms in total. The van der Waals surface area contributed by atoms with Gasteiger partial charge in [0.05, 0.1) is 12.8 Å². The number of hydrogen-bond donors (Lipinski definition) is 2. The van der Waals surface area contributed by atoms with Gasteiger partial charge >= 0.3 is 12.1 Å². The Balaban J connectivity index is 1.30. The molecular weight excluding hydrogens is 446 g/mol. The maximum absolute atomic E-state index is 12.6. The number of aryl methyl sites for hydroxylation is 1. The molecule has 3 aliphatic rings. The van der Waals surface area contributed by atoms with Gasteiger partial charge in [-0.3, -0.25) is 10.00 Å². The molecule has 1 aliphatic carbocycles. The topological polar surface area (TPSA) is 103 Å². The summed E-state index contributed by atoms with van der Waals surface area (Å²) in [5.41, 5.74) is 2.60. The molecule has 35 heavy (non-hydrogen) atoms. The number of carboxylic acid groups (broad SMARTS) is 1. The minimum atomic E-state index is -1.01. The average molecular weight is 476 g/mol. The van der Waals surface area contributed by atoms with Crippen LogP contribution < -0.4 is 5.32 Å². The summed E-state index contributed by atoms with van der Waals surface area (Å²) in [6.45, 7) is 2.25. The molecule has 1 saturated carbocycles. The van der Waals surface area contributed by atoms with E-state index in [-0.39, 0.29) is 11.5 Å². The number of fused-ring (bicyclic) bond motifs is 3. The molecule has 182 valence electrons. The highest BCUT2D eigenvalue weighted by atomic mass is 16.6. The van der Waals surface area contributed by atoms with Crippen molar-refractivity contribution in [3.05, 3.63) is 71.9 Å². The van der Waals surface area contributed by atoms with Crippen molar-refractivity contribution in [2.75, 3.05) is 11.9 Å². The number of nitrogens with zero attached hydrogens (tertiary/aromatic N) is 2. The number of amides is 1. The largest absolute Gasteiger partial charge is 0.479 e. The van der Waals surface area contributed by atoms with Crippen LogP contribution in [0.3, 0.4) is 0 Å². The van der Waals surface area contributed by atoms with Crippen molar-refractivity contribution >= 4 is 17.9 Å². The molecule has 1 amide bonds. The Bertz CT molecular complexity index is 1210. The third-order valence-electron chi connectivity index (χ3n) is 7.55. The predicted molar refractivity (Wildman–Crippen MR) is 130 cm³/mol. The van der Waals surface area contributed by atoms with Crippen LogP contribution in [0.15, 0.2) is 60.8 Å². The van der Waals surface area contributed by atoms with Gasteiger partial charge in [-0.15, -0.1) is 0 Å². The summed E-state index contributed by atoms with van der Waals surface area (Å²) >= 11 is 0. The Morgan fingerprint density at radius 3 is 2.37 bits per heavy atom. The zero-order valence-corrected chi connectivity index (χ0v) is 19.9. The summed E-state index contributed by atoms with van der Waals surface area (Å²) in [5.74, 6) is -0.305. The first-order valence-electron chi connectivity index (χ1n) is 11.8. The van der Waals surface area contributed by atoms with E-state index in [1.165, 1.54) is 0 Å². The van der Waals surface area contributed by atoms with E-state index in [0.717, 1.165) is 35.1 Å². The Hall–Kier alpha value is -3.65. The third-order valence-corrected chi connectivity index (χ3v) is 7.55. The SMILES string of the molecule is C[C@@H](OC(=O)Nc1c(-c2ccc(C34CCC(C(=O)O)(CC3)OC4)cc2)cnn1C)c1ccccc1.